The third kappa shape index (κ3) is 6.83. The minimum atomic E-state index is -3.15. The van der Waals surface area contributed by atoms with Crippen LogP contribution in [-0.4, -0.2) is 29.8 Å². The molecular weight excluding hydrogens is 379 g/mol. The van der Waals surface area contributed by atoms with Crippen molar-refractivity contribution in [2.45, 2.75) is 20.1 Å². The van der Waals surface area contributed by atoms with Crippen LogP contribution in [0.4, 0.5) is 18.9 Å². The van der Waals surface area contributed by atoms with Crippen LogP contribution in [0.5, 0.6) is 11.8 Å². The second kappa shape index (κ2) is 10.8. The Balaban J connectivity index is 1.98. The smallest absolute Gasteiger partial charge is 0.387 e. The minimum absolute atomic E-state index is 0.0844. The third-order valence-corrected chi connectivity index (χ3v) is 3.19. The van der Waals surface area contributed by atoms with Crippen molar-refractivity contribution in [3.63, 3.8) is 0 Å². The van der Waals surface area contributed by atoms with Crippen molar-refractivity contribution in [3.05, 3.63) is 53.9 Å². The first-order valence-corrected chi connectivity index (χ1v) is 8.11. The molecule has 0 spiro atoms. The molecule has 0 aliphatic rings. The summed E-state index contributed by atoms with van der Waals surface area (Å²) < 4.78 is 52.7. The van der Waals surface area contributed by atoms with Crippen molar-refractivity contribution >= 4 is 5.69 Å². The molecule has 0 bridgehead atoms. The van der Waals surface area contributed by atoms with E-state index in [0.717, 1.165) is 12.1 Å². The molecule has 11 heteroatoms. The predicted molar refractivity (Wildman–Crippen MR) is 92.7 cm³/mol. The van der Waals surface area contributed by atoms with Gasteiger partial charge in [0, 0.05) is 30.8 Å². The number of anilines is 1. The van der Waals surface area contributed by atoms with Gasteiger partial charge in [-0.1, -0.05) is 0 Å². The lowest BCUT2D eigenvalue weighted by molar-refractivity contribution is -0.0521. The van der Waals surface area contributed by atoms with Gasteiger partial charge >= 0.3 is 12.6 Å². The number of ether oxygens (including phenoxy) is 3. The number of halogens is 3. The maximum Gasteiger partial charge on any atom is 0.387 e. The van der Waals surface area contributed by atoms with Crippen LogP contribution in [0.2, 0.25) is 0 Å². The standard InChI is InChI=1S/C17H18F3N5O3/c1-2-26-9-12-5-6-22-17(24-12)27-10-13(25-21)8-23-11-3-4-14(18)15(7-11)28-16(19)20/h3-8,16,21,23H,2,9-10H2,1H3/b13-8-,25-21?. The zero-order valence-electron chi connectivity index (χ0n) is 14.9. The lowest BCUT2D eigenvalue weighted by atomic mass is 10.3. The first kappa shape index (κ1) is 21.1. The second-order valence-electron chi connectivity index (χ2n) is 5.17. The van der Waals surface area contributed by atoms with Gasteiger partial charge < -0.3 is 19.5 Å². The number of nitrogens with zero attached hydrogens (tertiary/aromatic N) is 3. The molecule has 0 aliphatic heterocycles. The van der Waals surface area contributed by atoms with Crippen molar-refractivity contribution in [3.8, 4) is 11.8 Å². The monoisotopic (exact) mass is 397 g/mol. The number of hydrogen-bond acceptors (Lipinski definition) is 8. The van der Waals surface area contributed by atoms with Gasteiger partial charge in [0.2, 0.25) is 0 Å². The molecule has 150 valence electrons. The van der Waals surface area contributed by atoms with Gasteiger partial charge in [0.1, 0.15) is 12.3 Å². The van der Waals surface area contributed by atoms with E-state index in [1.54, 1.807) is 6.07 Å². The molecule has 28 heavy (non-hydrogen) atoms. The van der Waals surface area contributed by atoms with E-state index in [1.807, 2.05) is 6.92 Å². The maximum absolute atomic E-state index is 13.4. The molecule has 0 unspecified atom stereocenters. The predicted octanol–water partition coefficient (Wildman–Crippen LogP) is 4.12. The first-order chi connectivity index (χ1) is 13.5. The molecule has 1 aromatic heterocycles. The molecule has 1 aromatic carbocycles. The number of aromatic nitrogens is 2. The summed E-state index contributed by atoms with van der Waals surface area (Å²) in [6.45, 7) is -0.552. The quantitative estimate of drug-likeness (QED) is 0.553. The summed E-state index contributed by atoms with van der Waals surface area (Å²) in [4.78, 5) is 8.10. The third-order valence-electron chi connectivity index (χ3n) is 3.19. The van der Waals surface area contributed by atoms with Crippen molar-refractivity contribution in [2.75, 3.05) is 18.5 Å². The van der Waals surface area contributed by atoms with Crippen LogP contribution in [0, 0.1) is 11.3 Å². The molecule has 2 N–H and O–H groups in total. The summed E-state index contributed by atoms with van der Waals surface area (Å²) in [7, 11) is 0. The number of hydrogen-bond donors (Lipinski definition) is 2. The highest BCUT2D eigenvalue weighted by atomic mass is 19.3. The van der Waals surface area contributed by atoms with E-state index in [-0.39, 0.29) is 24.0 Å². The molecule has 2 aromatic rings. The zero-order valence-corrected chi connectivity index (χ0v) is 14.9. The number of alkyl halides is 2. The van der Waals surface area contributed by atoms with E-state index >= 15 is 0 Å². The maximum atomic E-state index is 13.4. The van der Waals surface area contributed by atoms with Crippen LogP contribution in [-0.2, 0) is 11.3 Å². The Kier molecular flexibility index (Phi) is 8.15. The molecular formula is C17H18F3N5O3. The lowest BCUT2D eigenvalue weighted by Crippen LogP contribution is -2.06. The molecule has 8 nitrogen and oxygen atoms in total. The van der Waals surface area contributed by atoms with E-state index in [1.165, 1.54) is 18.5 Å². The normalized spacial score (nSPS) is 11.4. The largest absolute Gasteiger partial charge is 0.457 e. The van der Waals surface area contributed by atoms with E-state index in [4.69, 9.17) is 15.0 Å². The van der Waals surface area contributed by atoms with E-state index in [0.29, 0.717) is 18.9 Å². The first-order valence-electron chi connectivity index (χ1n) is 8.11. The molecule has 0 atom stereocenters. The van der Waals surface area contributed by atoms with Gasteiger partial charge in [0.25, 0.3) is 0 Å². The molecule has 0 fully saturated rings. The molecule has 0 saturated carbocycles. The van der Waals surface area contributed by atoms with Gasteiger partial charge in [-0.25, -0.2) is 14.9 Å². The van der Waals surface area contributed by atoms with E-state index in [2.05, 4.69) is 25.1 Å². The summed E-state index contributed by atoms with van der Waals surface area (Å²) in [5, 5.41) is 6.00. The average Bonchev–Trinajstić information content (AvgIpc) is 2.68. The number of rotatable bonds is 11. The van der Waals surface area contributed by atoms with Gasteiger partial charge in [-0.3, -0.25) is 0 Å². The fraction of sp³-hybridized carbons (Fsp3) is 0.294. The van der Waals surface area contributed by atoms with E-state index in [9.17, 15) is 13.2 Å². The topological polar surface area (TPSA) is 102 Å². The van der Waals surface area contributed by atoms with Gasteiger partial charge in [-0.2, -0.15) is 18.9 Å². The fourth-order valence-electron chi connectivity index (χ4n) is 1.92. The molecule has 1 heterocycles. The SMILES string of the molecule is CCOCc1ccnc(OC/C(=C/Nc2ccc(F)c(OC(F)F)c2)N=N)n1. The van der Waals surface area contributed by atoms with Crippen LogP contribution in [0.1, 0.15) is 12.6 Å². The van der Waals surface area contributed by atoms with Gasteiger partial charge in [-0.05, 0) is 25.1 Å². The highest BCUT2D eigenvalue weighted by Crippen LogP contribution is 2.23. The summed E-state index contributed by atoms with van der Waals surface area (Å²) in [6, 6.07) is 5.11. The number of benzene rings is 1. The second-order valence-corrected chi connectivity index (χ2v) is 5.17. The Hall–Kier alpha value is -3.21. The fourth-order valence-corrected chi connectivity index (χ4v) is 1.92. The molecule has 2 rings (SSSR count). The van der Waals surface area contributed by atoms with Crippen LogP contribution in [0.15, 0.2) is 47.5 Å². The van der Waals surface area contributed by atoms with Crippen LogP contribution in [0.25, 0.3) is 0 Å². The highest BCUT2D eigenvalue weighted by molar-refractivity contribution is 5.51. The lowest BCUT2D eigenvalue weighted by Gasteiger charge is -2.09. The van der Waals surface area contributed by atoms with Crippen LogP contribution in [0.3, 0.4) is 0 Å². The van der Waals surface area contributed by atoms with Crippen LogP contribution < -0.4 is 14.8 Å². The van der Waals surface area contributed by atoms with Gasteiger partial charge in [0.15, 0.2) is 11.6 Å². The van der Waals surface area contributed by atoms with Crippen molar-refractivity contribution < 1.29 is 27.4 Å². The highest BCUT2D eigenvalue weighted by Gasteiger charge is 2.10. The van der Waals surface area contributed by atoms with Crippen molar-refractivity contribution in [1.29, 1.82) is 5.53 Å². The molecule has 0 radical (unpaired) electrons. The summed E-state index contributed by atoms with van der Waals surface area (Å²) >= 11 is 0. The van der Waals surface area contributed by atoms with Crippen LogP contribution >= 0.6 is 0 Å². The number of nitrogens with one attached hydrogen (secondary N) is 2. The van der Waals surface area contributed by atoms with Gasteiger partial charge in [0.05, 0.1) is 12.3 Å². The average molecular weight is 397 g/mol. The zero-order chi connectivity index (χ0) is 20.4. The summed E-state index contributed by atoms with van der Waals surface area (Å²) in [6.07, 6.45) is 2.82. The van der Waals surface area contributed by atoms with Crippen molar-refractivity contribution in [2.24, 2.45) is 5.11 Å². The Bertz CT molecular complexity index is 820. The van der Waals surface area contributed by atoms with Crippen molar-refractivity contribution in [1.82, 2.24) is 9.97 Å². The Morgan fingerprint density at radius 1 is 1.36 bits per heavy atom. The van der Waals surface area contributed by atoms with Gasteiger partial charge in [-0.15, -0.1) is 0 Å². The molecule has 0 saturated heterocycles. The molecule has 0 amide bonds. The molecule has 0 aliphatic carbocycles. The summed E-state index contributed by atoms with van der Waals surface area (Å²) in [5.74, 6) is -1.53. The Morgan fingerprint density at radius 3 is 2.89 bits per heavy atom. The van der Waals surface area contributed by atoms with E-state index < -0.39 is 18.2 Å². The Labute approximate surface area is 158 Å². The minimum Gasteiger partial charge on any atom is -0.457 e. The Morgan fingerprint density at radius 2 is 2.18 bits per heavy atom. The summed E-state index contributed by atoms with van der Waals surface area (Å²) in [5.41, 5.74) is 8.23.